The van der Waals surface area contributed by atoms with Crippen LogP contribution in [0.2, 0.25) is 0 Å². The molecule has 0 radical (unpaired) electrons. The van der Waals surface area contributed by atoms with Crippen LogP contribution in [0.15, 0.2) is 58.8 Å². The summed E-state index contributed by atoms with van der Waals surface area (Å²) >= 11 is 0. The highest BCUT2D eigenvalue weighted by Gasteiger charge is 2.19. The minimum Gasteiger partial charge on any atom is -0.361 e. The van der Waals surface area contributed by atoms with Crippen molar-refractivity contribution in [2.24, 2.45) is 16.0 Å². The molecule has 1 aliphatic rings. The fourth-order valence-electron chi connectivity index (χ4n) is 1.62. The predicted octanol–water partition coefficient (Wildman–Crippen LogP) is 2.39. The molecule has 0 fully saturated rings. The van der Waals surface area contributed by atoms with Gasteiger partial charge in [-0.15, -0.1) is 0 Å². The van der Waals surface area contributed by atoms with Crippen LogP contribution in [-0.2, 0) is 6.54 Å². The first-order chi connectivity index (χ1) is 8.85. The van der Waals surface area contributed by atoms with E-state index in [1.54, 1.807) is 12.2 Å². The molecule has 18 heavy (non-hydrogen) atoms. The Morgan fingerprint density at radius 2 is 2.11 bits per heavy atom. The van der Waals surface area contributed by atoms with E-state index in [4.69, 9.17) is 11.3 Å². The predicted molar refractivity (Wildman–Crippen MR) is 69.5 cm³/mol. The van der Waals surface area contributed by atoms with Crippen molar-refractivity contribution in [3.63, 3.8) is 0 Å². The molecule has 0 amide bonds. The Kier molecular flexibility index (Phi) is 3.91. The number of hydrogen-bond donors (Lipinski definition) is 1. The summed E-state index contributed by atoms with van der Waals surface area (Å²) in [6, 6.07) is 7.19. The van der Waals surface area contributed by atoms with Crippen LogP contribution in [-0.4, -0.2) is 16.5 Å². The highest BCUT2D eigenvalue weighted by Crippen LogP contribution is 2.19. The quantitative estimate of drug-likeness (QED) is 0.637. The second kappa shape index (κ2) is 5.82. The fourth-order valence-corrected chi connectivity index (χ4v) is 1.62. The molecule has 0 saturated heterocycles. The van der Waals surface area contributed by atoms with E-state index in [1.165, 1.54) is 0 Å². The van der Waals surface area contributed by atoms with Crippen molar-refractivity contribution in [1.82, 2.24) is 0 Å². The molecule has 5 heteroatoms. The van der Waals surface area contributed by atoms with Crippen LogP contribution in [0.5, 0.6) is 0 Å². The molecule has 1 aromatic carbocycles. The molecule has 0 saturated carbocycles. The van der Waals surface area contributed by atoms with Gasteiger partial charge in [0.25, 0.3) is 0 Å². The van der Waals surface area contributed by atoms with Crippen LogP contribution >= 0.6 is 0 Å². The largest absolute Gasteiger partial charge is 0.361 e. The second-order valence-corrected chi connectivity index (χ2v) is 3.76. The topological polar surface area (TPSA) is 87.1 Å². The number of azo groups is 1. The van der Waals surface area contributed by atoms with Crippen LogP contribution in [0.25, 0.3) is 5.53 Å². The monoisotopic (exact) mass is 239 g/mol. The molecule has 2 rings (SSSR count). The SMILES string of the molecule is [N-]=[N+]=C1C=CC=CC1N=Nc1ccccc1CN. The number of nitrogens with zero attached hydrogens (tertiary/aromatic N) is 4. The van der Waals surface area contributed by atoms with Crippen LogP contribution in [0.3, 0.4) is 0 Å². The molecule has 1 unspecified atom stereocenters. The lowest BCUT2D eigenvalue weighted by Crippen LogP contribution is -2.16. The standard InChI is InChI=1S/C13H13N5/c14-9-10-5-1-2-6-11(10)17-18-13-8-4-3-7-12(13)16-15/h1-8,13H,9,14H2. The molecule has 2 N–H and O–H groups in total. The summed E-state index contributed by atoms with van der Waals surface area (Å²) in [5, 5.41) is 8.32. The molecular formula is C13H13N5. The van der Waals surface area contributed by atoms with E-state index < -0.39 is 0 Å². The Hall–Kier alpha value is -2.36. The van der Waals surface area contributed by atoms with Gasteiger partial charge in [-0.3, -0.25) is 0 Å². The van der Waals surface area contributed by atoms with Crippen molar-refractivity contribution in [3.8, 4) is 0 Å². The Labute approximate surface area is 105 Å². The van der Waals surface area contributed by atoms with E-state index in [9.17, 15) is 0 Å². The van der Waals surface area contributed by atoms with Gasteiger partial charge in [-0.05, 0) is 17.7 Å². The molecule has 5 nitrogen and oxygen atoms in total. The summed E-state index contributed by atoms with van der Waals surface area (Å²) in [4.78, 5) is 3.18. The summed E-state index contributed by atoms with van der Waals surface area (Å²) in [6.07, 6.45) is 7.13. The van der Waals surface area contributed by atoms with Gasteiger partial charge in [-0.1, -0.05) is 30.4 Å². The van der Waals surface area contributed by atoms with Gasteiger partial charge >= 0.3 is 5.71 Å². The first-order valence-corrected chi connectivity index (χ1v) is 5.61. The normalized spacial score (nSPS) is 18.3. The molecule has 1 aromatic rings. The minimum absolute atomic E-state index is 0.356. The van der Waals surface area contributed by atoms with E-state index in [2.05, 4.69) is 15.0 Å². The maximum Gasteiger partial charge on any atom is 0.322 e. The van der Waals surface area contributed by atoms with Crippen molar-refractivity contribution >= 4 is 11.4 Å². The van der Waals surface area contributed by atoms with Crippen LogP contribution < -0.4 is 5.73 Å². The number of benzene rings is 1. The number of hydrogen-bond acceptors (Lipinski definition) is 3. The van der Waals surface area contributed by atoms with Crippen molar-refractivity contribution in [3.05, 3.63) is 59.7 Å². The van der Waals surface area contributed by atoms with Gasteiger partial charge in [0.2, 0.25) is 0 Å². The van der Waals surface area contributed by atoms with Crippen LogP contribution in [0.1, 0.15) is 5.56 Å². The molecule has 90 valence electrons. The van der Waals surface area contributed by atoms with Gasteiger partial charge in [0, 0.05) is 12.6 Å². The van der Waals surface area contributed by atoms with E-state index >= 15 is 0 Å². The Morgan fingerprint density at radius 1 is 1.28 bits per heavy atom. The summed E-state index contributed by atoms with van der Waals surface area (Å²) < 4.78 is 0. The van der Waals surface area contributed by atoms with Crippen molar-refractivity contribution in [2.75, 3.05) is 0 Å². The zero-order chi connectivity index (χ0) is 12.8. The van der Waals surface area contributed by atoms with Gasteiger partial charge in [-0.25, -0.2) is 0 Å². The molecular weight excluding hydrogens is 226 g/mol. The van der Waals surface area contributed by atoms with Crippen molar-refractivity contribution < 1.29 is 4.79 Å². The lowest BCUT2D eigenvalue weighted by atomic mass is 10.1. The average Bonchev–Trinajstić information content (AvgIpc) is 2.45. The third-order valence-electron chi connectivity index (χ3n) is 2.59. The highest BCUT2D eigenvalue weighted by molar-refractivity contribution is 5.97. The number of allylic oxidation sites excluding steroid dienone is 2. The maximum atomic E-state index is 8.84. The Bertz CT molecular complexity index is 564. The van der Waals surface area contributed by atoms with Crippen molar-refractivity contribution in [2.45, 2.75) is 12.6 Å². The molecule has 1 atom stereocenters. The first-order valence-electron chi connectivity index (χ1n) is 5.61. The zero-order valence-electron chi connectivity index (χ0n) is 9.77. The zero-order valence-corrected chi connectivity index (χ0v) is 9.77. The van der Waals surface area contributed by atoms with Gasteiger partial charge in [0.05, 0.1) is 5.69 Å². The minimum atomic E-state index is -0.356. The summed E-state index contributed by atoms with van der Waals surface area (Å²) in [5.41, 5.74) is 16.6. The fraction of sp³-hybridized carbons (Fsp3) is 0.154. The van der Waals surface area contributed by atoms with Gasteiger partial charge in [0.15, 0.2) is 6.04 Å². The average molecular weight is 239 g/mol. The maximum absolute atomic E-state index is 8.84. The van der Waals surface area contributed by atoms with E-state index in [0.29, 0.717) is 12.3 Å². The van der Waals surface area contributed by atoms with E-state index in [0.717, 1.165) is 11.3 Å². The van der Waals surface area contributed by atoms with Gasteiger partial charge < -0.3 is 11.3 Å². The molecule has 0 heterocycles. The lowest BCUT2D eigenvalue weighted by molar-refractivity contribution is -0.00672. The molecule has 0 bridgehead atoms. The first kappa shape index (κ1) is 12.1. The Balaban J connectivity index is 2.23. The summed E-state index contributed by atoms with van der Waals surface area (Å²) in [7, 11) is 0. The highest BCUT2D eigenvalue weighted by atomic mass is 15.1. The Morgan fingerprint density at radius 3 is 2.89 bits per heavy atom. The van der Waals surface area contributed by atoms with Crippen LogP contribution in [0, 0.1) is 0 Å². The third-order valence-corrected chi connectivity index (χ3v) is 2.59. The van der Waals surface area contributed by atoms with Gasteiger partial charge in [-0.2, -0.15) is 15.0 Å². The van der Waals surface area contributed by atoms with E-state index in [-0.39, 0.29) is 6.04 Å². The van der Waals surface area contributed by atoms with E-state index in [1.807, 2.05) is 36.4 Å². The molecule has 0 spiro atoms. The lowest BCUT2D eigenvalue weighted by Gasteiger charge is -2.03. The summed E-state index contributed by atoms with van der Waals surface area (Å²) in [5.74, 6) is 0. The number of rotatable bonds is 3. The van der Waals surface area contributed by atoms with Crippen LogP contribution in [0.4, 0.5) is 5.69 Å². The van der Waals surface area contributed by atoms with Crippen molar-refractivity contribution in [1.29, 1.82) is 0 Å². The number of nitrogens with two attached hydrogens (primary N) is 1. The van der Waals surface area contributed by atoms with Gasteiger partial charge in [0.1, 0.15) is 0 Å². The molecule has 1 aliphatic carbocycles. The molecule has 0 aromatic heterocycles. The second-order valence-electron chi connectivity index (χ2n) is 3.76. The summed E-state index contributed by atoms with van der Waals surface area (Å²) in [6.45, 7) is 0.413. The molecule has 0 aliphatic heterocycles. The smallest absolute Gasteiger partial charge is 0.322 e. The third kappa shape index (κ3) is 2.66.